The molecular formula is C16H18O. The minimum atomic E-state index is 0.376. The normalized spacial score (nSPS) is 12.4. The lowest BCUT2D eigenvalue weighted by Crippen LogP contribution is -1.98. The third-order valence-electron chi connectivity index (χ3n) is 3.17. The molecular weight excluding hydrogens is 208 g/mol. The predicted octanol–water partition coefficient (Wildman–Crippen LogP) is 4.05. The van der Waals surface area contributed by atoms with Crippen molar-refractivity contribution in [2.45, 2.75) is 26.2 Å². The van der Waals surface area contributed by atoms with Gasteiger partial charge in [-0.1, -0.05) is 49.4 Å². The van der Waals surface area contributed by atoms with Gasteiger partial charge in [-0.3, -0.25) is 0 Å². The zero-order chi connectivity index (χ0) is 12.3. The smallest absolute Gasteiger partial charge is 0.118 e. The van der Waals surface area contributed by atoms with Crippen LogP contribution in [0.15, 0.2) is 48.5 Å². The highest BCUT2D eigenvalue weighted by Crippen LogP contribution is 2.25. The van der Waals surface area contributed by atoms with Gasteiger partial charge in [-0.25, -0.2) is 0 Å². The van der Waals surface area contributed by atoms with Crippen LogP contribution < -0.4 is 0 Å². The molecule has 88 valence electrons. The topological polar surface area (TPSA) is 20.2 Å². The monoisotopic (exact) mass is 226 g/mol. The molecule has 0 aliphatic rings. The summed E-state index contributed by atoms with van der Waals surface area (Å²) in [4.78, 5) is 0. The van der Waals surface area contributed by atoms with Gasteiger partial charge in [-0.15, -0.1) is 0 Å². The fourth-order valence-electron chi connectivity index (χ4n) is 2.07. The van der Waals surface area contributed by atoms with Crippen LogP contribution in [-0.2, 0) is 6.42 Å². The molecule has 0 saturated carbocycles. The second-order valence-corrected chi connectivity index (χ2v) is 4.64. The summed E-state index contributed by atoms with van der Waals surface area (Å²) in [6.07, 6.45) is 1.03. The molecule has 17 heavy (non-hydrogen) atoms. The Kier molecular flexibility index (Phi) is 3.48. The summed E-state index contributed by atoms with van der Waals surface area (Å²) in [6, 6.07) is 16.4. The Morgan fingerprint density at radius 3 is 2.41 bits per heavy atom. The van der Waals surface area contributed by atoms with Crippen molar-refractivity contribution in [3.05, 3.63) is 65.2 Å². The molecule has 0 aliphatic heterocycles. The Balaban J connectivity index is 2.14. The van der Waals surface area contributed by atoms with Crippen molar-refractivity contribution < 1.29 is 5.11 Å². The molecule has 2 aromatic rings. The van der Waals surface area contributed by atoms with Crippen molar-refractivity contribution >= 4 is 0 Å². The van der Waals surface area contributed by atoms with Crippen molar-refractivity contribution in [3.8, 4) is 5.75 Å². The first-order chi connectivity index (χ1) is 8.16. The van der Waals surface area contributed by atoms with E-state index in [0.29, 0.717) is 11.7 Å². The molecule has 1 heteroatoms. The van der Waals surface area contributed by atoms with Gasteiger partial charge in [0.2, 0.25) is 0 Å². The molecule has 0 heterocycles. The standard InChI is InChI=1S/C16H18O/c1-12(10-14-6-4-3-5-7-14)15-8-9-16(17)13(2)11-15/h3-9,11-12,17H,10H2,1-2H3. The summed E-state index contributed by atoms with van der Waals surface area (Å²) in [7, 11) is 0. The molecule has 0 bridgehead atoms. The molecule has 0 aliphatic carbocycles. The quantitative estimate of drug-likeness (QED) is 0.837. The first-order valence-electron chi connectivity index (χ1n) is 6.00. The molecule has 1 nitrogen and oxygen atoms in total. The van der Waals surface area contributed by atoms with Crippen molar-refractivity contribution in [1.82, 2.24) is 0 Å². The van der Waals surface area contributed by atoms with Gasteiger partial charge in [0, 0.05) is 0 Å². The van der Waals surface area contributed by atoms with Gasteiger partial charge >= 0.3 is 0 Å². The fourth-order valence-corrected chi connectivity index (χ4v) is 2.07. The second-order valence-electron chi connectivity index (χ2n) is 4.64. The van der Waals surface area contributed by atoms with Crippen molar-refractivity contribution in [2.24, 2.45) is 0 Å². The van der Waals surface area contributed by atoms with Crippen molar-refractivity contribution in [3.63, 3.8) is 0 Å². The minimum absolute atomic E-state index is 0.376. The maximum absolute atomic E-state index is 9.52. The van der Waals surface area contributed by atoms with Crippen LogP contribution in [0.25, 0.3) is 0 Å². The van der Waals surface area contributed by atoms with E-state index in [4.69, 9.17) is 0 Å². The third-order valence-corrected chi connectivity index (χ3v) is 3.17. The van der Waals surface area contributed by atoms with Crippen LogP contribution in [0.5, 0.6) is 5.75 Å². The van der Waals surface area contributed by atoms with Gasteiger partial charge in [-0.2, -0.15) is 0 Å². The highest BCUT2D eigenvalue weighted by atomic mass is 16.3. The summed E-state index contributed by atoms with van der Waals surface area (Å²) in [5.74, 6) is 0.845. The van der Waals surface area contributed by atoms with E-state index in [1.807, 2.05) is 19.1 Å². The van der Waals surface area contributed by atoms with Crippen molar-refractivity contribution in [2.75, 3.05) is 0 Å². The molecule has 0 aromatic heterocycles. The minimum Gasteiger partial charge on any atom is -0.508 e. The fraction of sp³-hybridized carbons (Fsp3) is 0.250. The molecule has 0 amide bonds. The first kappa shape index (κ1) is 11.7. The lowest BCUT2D eigenvalue weighted by atomic mass is 9.92. The SMILES string of the molecule is Cc1cc(C(C)Cc2ccccc2)ccc1O. The molecule has 0 fully saturated rings. The lowest BCUT2D eigenvalue weighted by molar-refractivity contribution is 0.470. The van der Waals surface area contributed by atoms with E-state index in [9.17, 15) is 5.11 Å². The average Bonchev–Trinajstić information content (AvgIpc) is 2.34. The molecule has 2 aromatic carbocycles. The van der Waals surface area contributed by atoms with Crippen LogP contribution >= 0.6 is 0 Å². The highest BCUT2D eigenvalue weighted by Gasteiger charge is 2.07. The lowest BCUT2D eigenvalue weighted by Gasteiger charge is -2.13. The van der Waals surface area contributed by atoms with E-state index in [0.717, 1.165) is 12.0 Å². The Bertz CT molecular complexity index is 488. The van der Waals surface area contributed by atoms with Crippen LogP contribution in [0.4, 0.5) is 0 Å². The number of hydrogen-bond donors (Lipinski definition) is 1. The van der Waals surface area contributed by atoms with Gasteiger partial charge in [0.05, 0.1) is 0 Å². The molecule has 2 rings (SSSR count). The number of aromatic hydroxyl groups is 1. The van der Waals surface area contributed by atoms with Crippen LogP contribution in [0.1, 0.15) is 29.5 Å². The highest BCUT2D eigenvalue weighted by molar-refractivity contribution is 5.36. The largest absolute Gasteiger partial charge is 0.508 e. The van der Waals surface area contributed by atoms with E-state index in [-0.39, 0.29) is 0 Å². The van der Waals surface area contributed by atoms with Crippen LogP contribution in [0.3, 0.4) is 0 Å². The van der Waals surface area contributed by atoms with Gasteiger partial charge < -0.3 is 5.11 Å². The maximum atomic E-state index is 9.52. The Morgan fingerprint density at radius 1 is 1.06 bits per heavy atom. The zero-order valence-electron chi connectivity index (χ0n) is 10.4. The summed E-state index contributed by atoms with van der Waals surface area (Å²) in [5, 5.41) is 9.52. The second kappa shape index (κ2) is 5.05. The molecule has 0 saturated heterocycles. The van der Waals surface area contributed by atoms with Gasteiger partial charge in [0.25, 0.3) is 0 Å². The molecule has 1 unspecified atom stereocenters. The number of phenols is 1. The molecule has 1 N–H and O–H groups in total. The summed E-state index contributed by atoms with van der Waals surface area (Å²) in [6.45, 7) is 4.16. The molecule has 0 spiro atoms. The Labute approximate surface area is 103 Å². The zero-order valence-corrected chi connectivity index (χ0v) is 10.4. The Morgan fingerprint density at radius 2 is 1.76 bits per heavy atom. The number of hydrogen-bond acceptors (Lipinski definition) is 1. The van der Waals surface area contributed by atoms with Gasteiger partial charge in [0.15, 0.2) is 0 Å². The molecule has 1 atom stereocenters. The average molecular weight is 226 g/mol. The van der Waals surface area contributed by atoms with Crippen LogP contribution in [0, 0.1) is 6.92 Å². The van der Waals surface area contributed by atoms with E-state index in [2.05, 4.69) is 37.3 Å². The van der Waals surface area contributed by atoms with Gasteiger partial charge in [0.1, 0.15) is 5.75 Å². The number of rotatable bonds is 3. The number of benzene rings is 2. The first-order valence-corrected chi connectivity index (χ1v) is 6.00. The summed E-state index contributed by atoms with van der Waals surface area (Å²) < 4.78 is 0. The van der Waals surface area contributed by atoms with E-state index in [1.165, 1.54) is 11.1 Å². The number of aryl methyl sites for hydroxylation is 1. The van der Waals surface area contributed by atoms with E-state index >= 15 is 0 Å². The summed E-state index contributed by atoms with van der Waals surface area (Å²) in [5.41, 5.74) is 3.58. The number of phenolic OH excluding ortho intramolecular Hbond substituents is 1. The van der Waals surface area contributed by atoms with E-state index < -0.39 is 0 Å². The Hall–Kier alpha value is -1.76. The van der Waals surface area contributed by atoms with E-state index in [1.54, 1.807) is 6.07 Å². The van der Waals surface area contributed by atoms with Gasteiger partial charge in [-0.05, 0) is 42.0 Å². The van der Waals surface area contributed by atoms with Crippen LogP contribution in [0.2, 0.25) is 0 Å². The molecule has 0 radical (unpaired) electrons. The third kappa shape index (κ3) is 2.88. The maximum Gasteiger partial charge on any atom is 0.118 e. The predicted molar refractivity (Wildman–Crippen MR) is 71.4 cm³/mol. The summed E-state index contributed by atoms with van der Waals surface area (Å²) >= 11 is 0. The van der Waals surface area contributed by atoms with Crippen molar-refractivity contribution in [1.29, 1.82) is 0 Å². The van der Waals surface area contributed by atoms with Crippen LogP contribution in [-0.4, -0.2) is 5.11 Å².